The average Bonchev–Trinajstić information content (AvgIpc) is 2.98. The van der Waals surface area contributed by atoms with Gasteiger partial charge in [0.05, 0.1) is 0 Å². The van der Waals surface area contributed by atoms with E-state index in [1.807, 2.05) is 24.3 Å². The van der Waals surface area contributed by atoms with Crippen molar-refractivity contribution in [1.29, 1.82) is 0 Å². The Morgan fingerprint density at radius 3 is 2.74 bits per heavy atom. The third kappa shape index (κ3) is 3.69. The first-order chi connectivity index (χ1) is 9.29. The van der Waals surface area contributed by atoms with Crippen molar-refractivity contribution >= 4 is 5.91 Å². The van der Waals surface area contributed by atoms with Crippen LogP contribution >= 0.6 is 0 Å². The number of H-pyrrole nitrogens is 1. The van der Waals surface area contributed by atoms with Gasteiger partial charge in [-0.2, -0.15) is 5.10 Å². The number of aromatic amines is 1. The van der Waals surface area contributed by atoms with Crippen molar-refractivity contribution in [1.82, 2.24) is 15.5 Å². The van der Waals surface area contributed by atoms with Gasteiger partial charge in [-0.25, -0.2) is 0 Å². The summed E-state index contributed by atoms with van der Waals surface area (Å²) < 4.78 is 0. The molecule has 0 spiro atoms. The van der Waals surface area contributed by atoms with Crippen molar-refractivity contribution in [3.8, 4) is 11.8 Å². The van der Waals surface area contributed by atoms with E-state index in [-0.39, 0.29) is 12.5 Å². The molecule has 1 aromatic carbocycles. The maximum atomic E-state index is 11.7. The Kier molecular flexibility index (Phi) is 4.32. The lowest BCUT2D eigenvalue weighted by atomic mass is 10.1. The van der Waals surface area contributed by atoms with Gasteiger partial charge in [0.25, 0.3) is 5.91 Å². The summed E-state index contributed by atoms with van der Waals surface area (Å²) in [6.45, 7) is 0.285. The predicted molar refractivity (Wildman–Crippen MR) is 70.2 cm³/mol. The van der Waals surface area contributed by atoms with Gasteiger partial charge in [-0.05, 0) is 23.8 Å². The molecule has 0 saturated carbocycles. The van der Waals surface area contributed by atoms with Gasteiger partial charge in [0.15, 0.2) is 0 Å². The molecule has 0 radical (unpaired) electrons. The standard InChI is InChI=1S/C14H13N3O2/c18-9-1-2-11-3-5-12(6-4-11)10-15-14(19)13-7-8-16-17-13/h3-8,18H,9-10H2,(H,15,19)(H,16,17). The van der Waals surface area contributed by atoms with Crippen LogP contribution in [0.4, 0.5) is 0 Å². The Balaban J connectivity index is 1.91. The van der Waals surface area contributed by atoms with Gasteiger partial charge in [0.2, 0.25) is 0 Å². The van der Waals surface area contributed by atoms with Crippen LogP contribution < -0.4 is 5.32 Å². The van der Waals surface area contributed by atoms with Gasteiger partial charge < -0.3 is 10.4 Å². The van der Waals surface area contributed by atoms with Crippen LogP contribution in [-0.2, 0) is 6.54 Å². The summed E-state index contributed by atoms with van der Waals surface area (Å²) in [4.78, 5) is 11.7. The summed E-state index contributed by atoms with van der Waals surface area (Å²) in [5, 5.41) is 17.7. The molecule has 0 aliphatic carbocycles. The molecule has 0 saturated heterocycles. The summed E-state index contributed by atoms with van der Waals surface area (Å²) in [7, 11) is 0. The van der Waals surface area contributed by atoms with Gasteiger partial charge >= 0.3 is 0 Å². The maximum absolute atomic E-state index is 11.7. The molecule has 5 nitrogen and oxygen atoms in total. The Labute approximate surface area is 110 Å². The van der Waals surface area contributed by atoms with E-state index in [0.29, 0.717) is 12.2 Å². The van der Waals surface area contributed by atoms with E-state index in [9.17, 15) is 4.79 Å². The lowest BCUT2D eigenvalue weighted by Crippen LogP contribution is -2.23. The largest absolute Gasteiger partial charge is 0.384 e. The second-order valence-corrected chi connectivity index (χ2v) is 3.81. The van der Waals surface area contributed by atoms with Crippen molar-refractivity contribution in [3.05, 3.63) is 53.3 Å². The van der Waals surface area contributed by atoms with Crippen molar-refractivity contribution < 1.29 is 9.90 Å². The summed E-state index contributed by atoms with van der Waals surface area (Å²) in [5.74, 6) is 5.19. The van der Waals surface area contributed by atoms with Gasteiger partial charge in [0, 0.05) is 18.3 Å². The molecule has 1 heterocycles. The van der Waals surface area contributed by atoms with E-state index < -0.39 is 0 Å². The highest BCUT2D eigenvalue weighted by atomic mass is 16.2. The molecular weight excluding hydrogens is 242 g/mol. The molecule has 3 N–H and O–H groups in total. The minimum atomic E-state index is -0.193. The van der Waals surface area contributed by atoms with Crippen LogP contribution in [0.25, 0.3) is 0 Å². The van der Waals surface area contributed by atoms with Crippen LogP contribution in [0, 0.1) is 11.8 Å². The molecule has 1 aromatic heterocycles. The van der Waals surface area contributed by atoms with E-state index in [0.717, 1.165) is 11.1 Å². The molecule has 0 bridgehead atoms. The second-order valence-electron chi connectivity index (χ2n) is 3.81. The van der Waals surface area contributed by atoms with Gasteiger partial charge in [0.1, 0.15) is 12.3 Å². The van der Waals surface area contributed by atoms with E-state index in [1.165, 1.54) is 6.20 Å². The maximum Gasteiger partial charge on any atom is 0.269 e. The first-order valence-electron chi connectivity index (χ1n) is 5.76. The zero-order chi connectivity index (χ0) is 13.5. The SMILES string of the molecule is O=C(NCc1ccc(C#CCO)cc1)c1ccn[nH]1. The molecule has 1 amide bonds. The van der Waals surface area contributed by atoms with Crippen molar-refractivity contribution in [3.63, 3.8) is 0 Å². The zero-order valence-electron chi connectivity index (χ0n) is 10.2. The minimum absolute atomic E-state index is 0.151. The summed E-state index contributed by atoms with van der Waals surface area (Å²) >= 11 is 0. The highest BCUT2D eigenvalue weighted by molar-refractivity contribution is 5.91. The van der Waals surface area contributed by atoms with E-state index in [1.54, 1.807) is 6.07 Å². The summed E-state index contributed by atoms with van der Waals surface area (Å²) in [6.07, 6.45) is 1.53. The van der Waals surface area contributed by atoms with Crippen LogP contribution in [0.2, 0.25) is 0 Å². The molecule has 0 aliphatic heterocycles. The van der Waals surface area contributed by atoms with Crippen molar-refractivity contribution in [2.75, 3.05) is 6.61 Å². The fraction of sp³-hybridized carbons (Fsp3) is 0.143. The molecule has 96 valence electrons. The van der Waals surface area contributed by atoms with Crippen LogP contribution in [0.15, 0.2) is 36.5 Å². The number of carbonyl (C=O) groups excluding carboxylic acids is 1. The number of amides is 1. The number of rotatable bonds is 3. The third-order valence-electron chi connectivity index (χ3n) is 2.46. The highest BCUT2D eigenvalue weighted by Crippen LogP contribution is 2.03. The second kappa shape index (κ2) is 6.38. The lowest BCUT2D eigenvalue weighted by molar-refractivity contribution is 0.0946. The quantitative estimate of drug-likeness (QED) is 0.706. The number of nitrogens with one attached hydrogen (secondary N) is 2. The Bertz CT molecular complexity index is 592. The normalized spacial score (nSPS) is 9.53. The smallest absolute Gasteiger partial charge is 0.269 e. The number of hydrogen-bond acceptors (Lipinski definition) is 3. The van der Waals surface area contributed by atoms with Crippen molar-refractivity contribution in [2.24, 2.45) is 0 Å². The van der Waals surface area contributed by atoms with Crippen LogP contribution in [0.5, 0.6) is 0 Å². The van der Waals surface area contributed by atoms with Gasteiger partial charge in [-0.3, -0.25) is 9.89 Å². The van der Waals surface area contributed by atoms with Crippen LogP contribution in [0.1, 0.15) is 21.6 Å². The Morgan fingerprint density at radius 1 is 1.32 bits per heavy atom. The van der Waals surface area contributed by atoms with E-state index in [2.05, 4.69) is 27.4 Å². The molecule has 0 fully saturated rings. The molecular formula is C14H13N3O2. The molecule has 19 heavy (non-hydrogen) atoms. The monoisotopic (exact) mass is 255 g/mol. The number of benzene rings is 1. The summed E-state index contributed by atoms with van der Waals surface area (Å²) in [6, 6.07) is 9.08. The molecule has 0 aliphatic rings. The van der Waals surface area contributed by atoms with Crippen LogP contribution in [0.3, 0.4) is 0 Å². The number of aromatic nitrogens is 2. The predicted octanol–water partition coefficient (Wildman–Crippen LogP) is 0.683. The number of hydrogen-bond donors (Lipinski definition) is 3. The Morgan fingerprint density at radius 2 is 2.11 bits per heavy atom. The topological polar surface area (TPSA) is 78.0 Å². The van der Waals surface area contributed by atoms with E-state index >= 15 is 0 Å². The molecule has 0 atom stereocenters. The summed E-state index contributed by atoms with van der Waals surface area (Å²) in [5.41, 5.74) is 2.24. The number of carbonyl (C=O) groups is 1. The molecule has 0 unspecified atom stereocenters. The fourth-order valence-corrected chi connectivity index (χ4v) is 1.51. The number of nitrogens with zero attached hydrogens (tertiary/aromatic N) is 1. The zero-order valence-corrected chi connectivity index (χ0v) is 10.2. The molecule has 5 heteroatoms. The van der Waals surface area contributed by atoms with E-state index in [4.69, 9.17) is 5.11 Å². The average molecular weight is 255 g/mol. The number of aliphatic hydroxyl groups excluding tert-OH is 1. The van der Waals surface area contributed by atoms with Crippen molar-refractivity contribution in [2.45, 2.75) is 6.54 Å². The molecule has 2 aromatic rings. The minimum Gasteiger partial charge on any atom is -0.384 e. The first kappa shape index (κ1) is 12.9. The third-order valence-corrected chi connectivity index (χ3v) is 2.46. The lowest BCUT2D eigenvalue weighted by Gasteiger charge is -2.03. The van der Waals surface area contributed by atoms with Gasteiger partial charge in [-0.15, -0.1) is 0 Å². The van der Waals surface area contributed by atoms with Gasteiger partial charge in [-0.1, -0.05) is 24.0 Å². The highest BCUT2D eigenvalue weighted by Gasteiger charge is 2.05. The Hall–Kier alpha value is -2.58. The first-order valence-corrected chi connectivity index (χ1v) is 5.76. The number of aliphatic hydroxyl groups is 1. The fourth-order valence-electron chi connectivity index (χ4n) is 1.51. The molecule has 2 rings (SSSR count). The van der Waals surface area contributed by atoms with Crippen LogP contribution in [-0.4, -0.2) is 27.8 Å².